The van der Waals surface area contributed by atoms with Crippen molar-refractivity contribution in [3.05, 3.63) is 58.1 Å². The van der Waals surface area contributed by atoms with E-state index in [2.05, 4.69) is 0 Å². The number of carbonyl (C=O) groups excluding carboxylic acids is 2. The summed E-state index contributed by atoms with van der Waals surface area (Å²) in [5.74, 6) is -0.650. The molecule has 0 spiro atoms. The molecule has 0 aliphatic heterocycles. The van der Waals surface area contributed by atoms with Crippen molar-refractivity contribution in [1.29, 1.82) is 0 Å². The summed E-state index contributed by atoms with van der Waals surface area (Å²) < 4.78 is 15.3. The van der Waals surface area contributed by atoms with Crippen LogP contribution in [0.25, 0.3) is 0 Å². The maximum atomic E-state index is 12.8. The highest BCUT2D eigenvalue weighted by molar-refractivity contribution is 6.07. The van der Waals surface area contributed by atoms with Gasteiger partial charge in [0.05, 0.1) is 24.3 Å². The molecule has 0 fully saturated rings. The number of nitro groups is 1. The highest BCUT2D eigenvalue weighted by atomic mass is 16.6. The molecule has 0 saturated heterocycles. The van der Waals surface area contributed by atoms with Gasteiger partial charge in [0.2, 0.25) is 0 Å². The second-order valence-corrected chi connectivity index (χ2v) is 5.57. The van der Waals surface area contributed by atoms with Crippen LogP contribution < -0.4 is 14.4 Å². The molecule has 9 heteroatoms. The molecule has 9 nitrogen and oxygen atoms in total. The van der Waals surface area contributed by atoms with Gasteiger partial charge in [0.15, 0.2) is 12.4 Å². The van der Waals surface area contributed by atoms with Crippen LogP contribution >= 0.6 is 0 Å². The second-order valence-electron chi connectivity index (χ2n) is 5.57. The van der Waals surface area contributed by atoms with Crippen LogP contribution in [0.1, 0.15) is 17.3 Å². The molecule has 0 aromatic heterocycles. The third kappa shape index (κ3) is 4.76. The number of benzene rings is 2. The number of esters is 1. The number of amides is 1. The van der Waals surface area contributed by atoms with Gasteiger partial charge in [-0.25, -0.2) is 4.79 Å². The predicted octanol–water partition coefficient (Wildman–Crippen LogP) is 2.82. The van der Waals surface area contributed by atoms with E-state index in [-0.39, 0.29) is 30.2 Å². The Morgan fingerprint density at radius 1 is 1.14 bits per heavy atom. The van der Waals surface area contributed by atoms with E-state index in [1.54, 1.807) is 31.2 Å². The molecule has 2 aromatic rings. The van der Waals surface area contributed by atoms with E-state index < -0.39 is 16.8 Å². The smallest absolute Gasteiger partial charge is 0.344 e. The summed E-state index contributed by atoms with van der Waals surface area (Å²) in [4.78, 5) is 36.1. The number of anilines is 1. The van der Waals surface area contributed by atoms with E-state index >= 15 is 0 Å². The Labute approximate surface area is 161 Å². The number of hydrogen-bond donors (Lipinski definition) is 0. The number of nitrogens with zero attached hydrogens (tertiary/aromatic N) is 2. The van der Waals surface area contributed by atoms with Gasteiger partial charge >= 0.3 is 11.7 Å². The van der Waals surface area contributed by atoms with Crippen LogP contribution in [0, 0.1) is 10.1 Å². The van der Waals surface area contributed by atoms with Crippen molar-refractivity contribution < 1.29 is 28.7 Å². The summed E-state index contributed by atoms with van der Waals surface area (Å²) in [6.07, 6.45) is 0. The third-order valence-corrected chi connectivity index (χ3v) is 3.81. The van der Waals surface area contributed by atoms with Gasteiger partial charge in [-0.1, -0.05) is 12.1 Å². The number of ether oxygens (including phenoxy) is 3. The maximum absolute atomic E-state index is 12.8. The summed E-state index contributed by atoms with van der Waals surface area (Å²) in [6, 6.07) is 10.6. The van der Waals surface area contributed by atoms with Gasteiger partial charge in [0, 0.05) is 24.7 Å². The van der Waals surface area contributed by atoms with Gasteiger partial charge in [0.25, 0.3) is 5.91 Å². The van der Waals surface area contributed by atoms with Gasteiger partial charge in [-0.2, -0.15) is 0 Å². The Morgan fingerprint density at radius 2 is 1.86 bits per heavy atom. The lowest BCUT2D eigenvalue weighted by molar-refractivity contribution is -0.385. The minimum absolute atomic E-state index is 0.0175. The first kappa shape index (κ1) is 20.7. The molecule has 148 valence electrons. The zero-order valence-corrected chi connectivity index (χ0v) is 15.7. The molecule has 1 amide bonds. The van der Waals surface area contributed by atoms with Gasteiger partial charge in [-0.05, 0) is 25.1 Å². The number of nitro benzene ring substituents is 1. The van der Waals surface area contributed by atoms with Gasteiger partial charge in [-0.3, -0.25) is 14.9 Å². The van der Waals surface area contributed by atoms with Crippen molar-refractivity contribution in [2.75, 3.05) is 32.3 Å². The number of carbonyl (C=O) groups is 2. The molecule has 0 unspecified atom stereocenters. The summed E-state index contributed by atoms with van der Waals surface area (Å²) >= 11 is 0. The van der Waals surface area contributed by atoms with E-state index in [0.29, 0.717) is 11.4 Å². The Kier molecular flexibility index (Phi) is 6.91. The minimum atomic E-state index is -0.588. The second kappa shape index (κ2) is 9.36. The Bertz CT molecular complexity index is 882. The maximum Gasteiger partial charge on any atom is 0.344 e. The van der Waals surface area contributed by atoms with Crippen LogP contribution in [0.3, 0.4) is 0 Å². The lowest BCUT2D eigenvalue weighted by Gasteiger charge is -2.21. The number of hydrogen-bond acceptors (Lipinski definition) is 7. The predicted molar refractivity (Wildman–Crippen MR) is 101 cm³/mol. The SMILES string of the molecule is CCOC(=O)COc1ccccc1N(C)C(=O)c1ccc([N+](=O)[O-])c(OC)c1. The van der Waals surface area contributed by atoms with E-state index in [1.165, 1.54) is 37.3 Å². The number of rotatable bonds is 8. The fraction of sp³-hybridized carbons (Fsp3) is 0.263. The first-order chi connectivity index (χ1) is 13.4. The van der Waals surface area contributed by atoms with Gasteiger partial charge < -0.3 is 19.1 Å². The van der Waals surface area contributed by atoms with Crippen LogP contribution in [0.2, 0.25) is 0 Å². The molecule has 0 aliphatic carbocycles. The van der Waals surface area contributed by atoms with Crippen molar-refractivity contribution in [3.63, 3.8) is 0 Å². The lowest BCUT2D eigenvalue weighted by atomic mass is 10.1. The first-order valence-corrected chi connectivity index (χ1v) is 8.37. The molecule has 0 heterocycles. The standard InChI is InChI=1S/C19H20N2O7/c1-4-27-18(22)12-28-16-8-6-5-7-14(16)20(2)19(23)13-9-10-15(21(24)25)17(11-13)26-3/h5-11H,4,12H2,1-3H3. The fourth-order valence-corrected chi connectivity index (χ4v) is 2.46. The topological polar surface area (TPSA) is 108 Å². The zero-order chi connectivity index (χ0) is 20.7. The van der Waals surface area contributed by atoms with E-state index in [4.69, 9.17) is 14.2 Å². The van der Waals surface area contributed by atoms with Crippen LogP contribution in [0.5, 0.6) is 11.5 Å². The average molecular weight is 388 g/mol. The van der Waals surface area contributed by atoms with Crippen LogP contribution in [0.15, 0.2) is 42.5 Å². The molecule has 0 radical (unpaired) electrons. The molecular weight excluding hydrogens is 368 g/mol. The minimum Gasteiger partial charge on any atom is -0.490 e. The van der Waals surface area contributed by atoms with E-state index in [0.717, 1.165) is 0 Å². The van der Waals surface area contributed by atoms with Crippen molar-refractivity contribution >= 4 is 23.3 Å². The lowest BCUT2D eigenvalue weighted by Crippen LogP contribution is -2.27. The number of para-hydroxylation sites is 2. The quantitative estimate of drug-likeness (QED) is 0.389. The summed E-state index contributed by atoms with van der Waals surface area (Å²) in [5, 5.41) is 11.0. The van der Waals surface area contributed by atoms with E-state index in [1.807, 2.05) is 0 Å². The van der Waals surface area contributed by atoms with Crippen molar-refractivity contribution in [2.24, 2.45) is 0 Å². The van der Waals surface area contributed by atoms with Gasteiger partial charge in [0.1, 0.15) is 5.75 Å². The number of methoxy groups -OCH3 is 1. The van der Waals surface area contributed by atoms with Crippen LogP contribution in [0.4, 0.5) is 11.4 Å². The highest BCUT2D eigenvalue weighted by Crippen LogP contribution is 2.31. The van der Waals surface area contributed by atoms with Crippen molar-refractivity contribution in [3.8, 4) is 11.5 Å². The summed E-state index contributed by atoms with van der Waals surface area (Å²) in [7, 11) is 2.82. The zero-order valence-electron chi connectivity index (χ0n) is 15.7. The Balaban J connectivity index is 2.26. The van der Waals surface area contributed by atoms with Gasteiger partial charge in [-0.15, -0.1) is 0 Å². The average Bonchev–Trinajstić information content (AvgIpc) is 2.71. The van der Waals surface area contributed by atoms with Crippen molar-refractivity contribution in [1.82, 2.24) is 0 Å². The molecule has 0 N–H and O–H groups in total. The van der Waals surface area contributed by atoms with Crippen LogP contribution in [-0.4, -0.2) is 44.2 Å². The summed E-state index contributed by atoms with van der Waals surface area (Å²) in [6.45, 7) is 1.64. The summed E-state index contributed by atoms with van der Waals surface area (Å²) in [5.41, 5.74) is 0.388. The normalized spacial score (nSPS) is 10.1. The highest BCUT2D eigenvalue weighted by Gasteiger charge is 2.22. The molecule has 0 bridgehead atoms. The third-order valence-electron chi connectivity index (χ3n) is 3.81. The van der Waals surface area contributed by atoms with Crippen molar-refractivity contribution in [2.45, 2.75) is 6.92 Å². The molecule has 0 atom stereocenters. The van der Waals surface area contributed by atoms with E-state index in [9.17, 15) is 19.7 Å². The first-order valence-electron chi connectivity index (χ1n) is 8.37. The molecule has 0 aliphatic rings. The molecular formula is C19H20N2O7. The van der Waals surface area contributed by atoms with Crippen LogP contribution in [-0.2, 0) is 9.53 Å². The molecule has 0 saturated carbocycles. The fourth-order valence-electron chi connectivity index (χ4n) is 2.46. The molecule has 28 heavy (non-hydrogen) atoms. The molecule has 2 rings (SSSR count). The largest absolute Gasteiger partial charge is 0.490 e. The monoisotopic (exact) mass is 388 g/mol. The Morgan fingerprint density at radius 3 is 2.50 bits per heavy atom. The Hall–Kier alpha value is -3.62. The molecule has 2 aromatic carbocycles.